The number of nitrogens with zero attached hydrogens (tertiary/aromatic N) is 3. The standard InChI is InChI=1S/C12H17N5O2/c1-9-6-12(19-16-9)15-11(18)7-13-10(2)8-17-5-3-4-14-17/h3-6,10,13H,7-8H2,1-2H3,(H,15,18). The molecule has 0 saturated carbocycles. The minimum atomic E-state index is -0.163. The maximum atomic E-state index is 11.6. The average molecular weight is 263 g/mol. The molecule has 0 bridgehead atoms. The number of hydrogen-bond donors (Lipinski definition) is 2. The highest BCUT2D eigenvalue weighted by atomic mass is 16.5. The second-order valence-corrected chi connectivity index (χ2v) is 4.39. The molecule has 2 aromatic heterocycles. The van der Waals surface area contributed by atoms with E-state index in [1.807, 2.05) is 23.9 Å². The Bertz CT molecular complexity index is 520. The van der Waals surface area contributed by atoms with Gasteiger partial charge in [0.1, 0.15) is 0 Å². The van der Waals surface area contributed by atoms with Gasteiger partial charge in [-0.1, -0.05) is 5.16 Å². The van der Waals surface area contributed by atoms with Crippen molar-refractivity contribution in [3.63, 3.8) is 0 Å². The quantitative estimate of drug-likeness (QED) is 0.805. The summed E-state index contributed by atoms with van der Waals surface area (Å²) in [6.45, 7) is 4.71. The summed E-state index contributed by atoms with van der Waals surface area (Å²) in [5.74, 6) is 0.201. The lowest BCUT2D eigenvalue weighted by Crippen LogP contribution is -2.36. The first-order valence-electron chi connectivity index (χ1n) is 6.07. The van der Waals surface area contributed by atoms with Crippen molar-refractivity contribution in [1.29, 1.82) is 0 Å². The van der Waals surface area contributed by atoms with Crippen LogP contribution in [0.1, 0.15) is 12.6 Å². The van der Waals surface area contributed by atoms with Gasteiger partial charge in [0.2, 0.25) is 11.8 Å². The van der Waals surface area contributed by atoms with Crippen LogP contribution in [0, 0.1) is 6.92 Å². The fraction of sp³-hybridized carbons (Fsp3) is 0.417. The van der Waals surface area contributed by atoms with Crippen LogP contribution in [-0.2, 0) is 11.3 Å². The third kappa shape index (κ3) is 4.22. The van der Waals surface area contributed by atoms with Crippen LogP contribution in [0.5, 0.6) is 0 Å². The minimum absolute atomic E-state index is 0.141. The highest BCUT2D eigenvalue weighted by Gasteiger charge is 2.08. The molecule has 0 saturated heterocycles. The van der Waals surface area contributed by atoms with E-state index in [4.69, 9.17) is 4.52 Å². The van der Waals surface area contributed by atoms with E-state index in [0.29, 0.717) is 12.4 Å². The third-order valence-electron chi connectivity index (χ3n) is 2.52. The summed E-state index contributed by atoms with van der Waals surface area (Å²) in [4.78, 5) is 11.6. The van der Waals surface area contributed by atoms with Crippen molar-refractivity contribution < 1.29 is 9.32 Å². The van der Waals surface area contributed by atoms with Gasteiger partial charge in [-0.25, -0.2) is 0 Å². The van der Waals surface area contributed by atoms with Crippen molar-refractivity contribution in [2.45, 2.75) is 26.4 Å². The molecule has 1 amide bonds. The van der Waals surface area contributed by atoms with Gasteiger partial charge in [0, 0.05) is 24.5 Å². The van der Waals surface area contributed by atoms with Gasteiger partial charge in [0.25, 0.3) is 0 Å². The van der Waals surface area contributed by atoms with Crippen LogP contribution in [0.4, 0.5) is 5.88 Å². The lowest BCUT2D eigenvalue weighted by Gasteiger charge is -2.13. The van der Waals surface area contributed by atoms with Crippen LogP contribution in [0.3, 0.4) is 0 Å². The molecule has 0 aromatic carbocycles. The molecule has 0 aliphatic carbocycles. The van der Waals surface area contributed by atoms with Crippen LogP contribution < -0.4 is 10.6 Å². The topological polar surface area (TPSA) is 85.0 Å². The number of amides is 1. The first-order chi connectivity index (χ1) is 9.13. The molecule has 2 aromatic rings. The molecule has 2 rings (SSSR count). The largest absolute Gasteiger partial charge is 0.338 e. The average Bonchev–Trinajstić information content (AvgIpc) is 2.99. The van der Waals surface area contributed by atoms with E-state index in [9.17, 15) is 4.79 Å². The van der Waals surface area contributed by atoms with Crippen LogP contribution in [0.2, 0.25) is 0 Å². The SMILES string of the molecule is Cc1cc(NC(=O)CNC(C)Cn2cccn2)on1. The number of carbonyl (C=O) groups excluding carboxylic acids is 1. The van der Waals surface area contributed by atoms with Gasteiger partial charge in [0.05, 0.1) is 18.8 Å². The zero-order valence-corrected chi connectivity index (χ0v) is 11.0. The van der Waals surface area contributed by atoms with Crippen molar-refractivity contribution in [1.82, 2.24) is 20.3 Å². The van der Waals surface area contributed by atoms with Crippen LogP contribution in [0.15, 0.2) is 29.0 Å². The first-order valence-corrected chi connectivity index (χ1v) is 6.07. The molecular weight excluding hydrogens is 246 g/mol. The highest BCUT2D eigenvalue weighted by Crippen LogP contribution is 2.07. The Morgan fingerprint density at radius 3 is 3.05 bits per heavy atom. The monoisotopic (exact) mass is 263 g/mol. The molecule has 7 nitrogen and oxygen atoms in total. The summed E-state index contributed by atoms with van der Waals surface area (Å²) >= 11 is 0. The van der Waals surface area contributed by atoms with E-state index >= 15 is 0 Å². The normalized spacial score (nSPS) is 12.3. The molecule has 1 unspecified atom stereocenters. The Hall–Kier alpha value is -2.15. The van der Waals surface area contributed by atoms with Gasteiger partial charge in [-0.15, -0.1) is 0 Å². The van der Waals surface area contributed by atoms with Crippen molar-refractivity contribution in [3.8, 4) is 0 Å². The van der Waals surface area contributed by atoms with Gasteiger partial charge in [-0.3, -0.25) is 14.8 Å². The highest BCUT2D eigenvalue weighted by molar-refractivity contribution is 5.90. The lowest BCUT2D eigenvalue weighted by atomic mass is 10.3. The van der Waals surface area contributed by atoms with Crippen molar-refractivity contribution in [3.05, 3.63) is 30.2 Å². The molecule has 0 aliphatic heterocycles. The predicted octanol–water partition coefficient (Wildman–Crippen LogP) is 0.796. The zero-order valence-electron chi connectivity index (χ0n) is 11.0. The van der Waals surface area contributed by atoms with Crippen molar-refractivity contribution in [2.24, 2.45) is 0 Å². The van der Waals surface area contributed by atoms with Crippen LogP contribution in [-0.4, -0.2) is 33.4 Å². The molecule has 7 heteroatoms. The molecule has 102 valence electrons. The van der Waals surface area contributed by atoms with Gasteiger partial charge in [0.15, 0.2) is 0 Å². The molecule has 2 heterocycles. The molecule has 0 fully saturated rings. The van der Waals surface area contributed by atoms with E-state index in [-0.39, 0.29) is 18.5 Å². The summed E-state index contributed by atoms with van der Waals surface area (Å²) in [5, 5.41) is 13.5. The molecule has 19 heavy (non-hydrogen) atoms. The molecule has 2 N–H and O–H groups in total. The lowest BCUT2D eigenvalue weighted by molar-refractivity contribution is -0.115. The predicted molar refractivity (Wildman–Crippen MR) is 69.6 cm³/mol. The van der Waals surface area contributed by atoms with Crippen LogP contribution >= 0.6 is 0 Å². The Kier molecular flexibility index (Phi) is 4.30. The van der Waals surface area contributed by atoms with E-state index < -0.39 is 0 Å². The summed E-state index contributed by atoms with van der Waals surface area (Å²) in [7, 11) is 0. The molecule has 0 spiro atoms. The van der Waals surface area contributed by atoms with Gasteiger partial charge < -0.3 is 9.84 Å². The minimum Gasteiger partial charge on any atom is -0.338 e. The number of aryl methyl sites for hydroxylation is 1. The number of rotatable bonds is 6. The number of nitrogens with one attached hydrogen (secondary N) is 2. The summed E-state index contributed by atoms with van der Waals surface area (Å²) in [6, 6.07) is 3.68. The fourth-order valence-corrected chi connectivity index (χ4v) is 1.62. The zero-order chi connectivity index (χ0) is 13.7. The number of carbonyl (C=O) groups is 1. The number of hydrogen-bond acceptors (Lipinski definition) is 5. The Morgan fingerprint density at radius 2 is 2.42 bits per heavy atom. The number of aromatic nitrogens is 3. The molecule has 0 aliphatic rings. The smallest absolute Gasteiger partial charge is 0.240 e. The summed E-state index contributed by atoms with van der Waals surface area (Å²) in [6.07, 6.45) is 3.61. The van der Waals surface area contributed by atoms with Gasteiger partial charge in [-0.05, 0) is 19.9 Å². The van der Waals surface area contributed by atoms with E-state index in [1.165, 1.54) is 0 Å². The van der Waals surface area contributed by atoms with E-state index in [1.54, 1.807) is 19.2 Å². The summed E-state index contributed by atoms with van der Waals surface area (Å²) in [5.41, 5.74) is 0.732. The second kappa shape index (κ2) is 6.14. The first kappa shape index (κ1) is 13.3. The second-order valence-electron chi connectivity index (χ2n) is 4.39. The maximum Gasteiger partial charge on any atom is 0.240 e. The maximum absolute atomic E-state index is 11.6. The van der Waals surface area contributed by atoms with Crippen molar-refractivity contribution in [2.75, 3.05) is 11.9 Å². The van der Waals surface area contributed by atoms with Gasteiger partial charge >= 0.3 is 0 Å². The number of anilines is 1. The third-order valence-corrected chi connectivity index (χ3v) is 2.52. The molecule has 0 radical (unpaired) electrons. The molecular formula is C12H17N5O2. The molecule has 1 atom stereocenters. The van der Waals surface area contributed by atoms with Crippen LogP contribution in [0.25, 0.3) is 0 Å². The Balaban J connectivity index is 1.71. The van der Waals surface area contributed by atoms with E-state index in [2.05, 4.69) is 20.9 Å². The van der Waals surface area contributed by atoms with Crippen molar-refractivity contribution >= 4 is 11.8 Å². The van der Waals surface area contributed by atoms with Gasteiger partial charge in [-0.2, -0.15) is 5.10 Å². The van der Waals surface area contributed by atoms with E-state index in [0.717, 1.165) is 5.69 Å². The summed E-state index contributed by atoms with van der Waals surface area (Å²) < 4.78 is 6.72. The Morgan fingerprint density at radius 1 is 1.58 bits per heavy atom. The fourth-order valence-electron chi connectivity index (χ4n) is 1.62. The Labute approximate surface area is 111 Å².